The minimum Gasteiger partial charge on any atom is -0.335 e. The molecule has 2 unspecified atom stereocenters. The van der Waals surface area contributed by atoms with Crippen LogP contribution < -0.4 is 4.72 Å². The molecule has 1 amide bonds. The molecule has 2 atom stereocenters. The smallest absolute Gasteiger partial charge is 0.335 e. The van der Waals surface area contributed by atoms with Gasteiger partial charge in [0.15, 0.2) is 5.01 Å². The number of thiazole rings is 1. The quantitative estimate of drug-likeness (QED) is 0.487. The fraction of sp³-hybridized carbons (Fsp3) is 0.476. The molecule has 2 aromatic rings. The SMILES string of the molecule is CCC(NS(=O)(=O)c1ccc(-c2sc(C#N)nc2C(=O)N2CCCCC2C)c(Cl)c1Cl)C(F)(F)F. The third-order valence-corrected chi connectivity index (χ3v) is 9.17. The van der Waals surface area contributed by atoms with Crippen LogP contribution in [0.15, 0.2) is 17.0 Å². The van der Waals surface area contributed by atoms with Crippen LogP contribution in [0, 0.1) is 11.3 Å². The van der Waals surface area contributed by atoms with E-state index in [1.54, 1.807) is 9.62 Å². The van der Waals surface area contributed by atoms with Crippen molar-refractivity contribution < 1.29 is 26.4 Å². The molecule has 1 N–H and O–H groups in total. The van der Waals surface area contributed by atoms with Crippen molar-refractivity contribution in [3.05, 3.63) is 32.9 Å². The number of carbonyl (C=O) groups excluding carboxylic acids is 1. The number of amides is 1. The number of likely N-dealkylation sites (tertiary alicyclic amines) is 1. The van der Waals surface area contributed by atoms with Crippen molar-refractivity contribution in [1.29, 1.82) is 5.26 Å². The highest BCUT2D eigenvalue weighted by Crippen LogP contribution is 2.42. The molecule has 0 bridgehead atoms. The number of hydrogen-bond acceptors (Lipinski definition) is 6. The molecular weight excluding hydrogens is 548 g/mol. The molecule has 1 aliphatic rings. The summed E-state index contributed by atoms with van der Waals surface area (Å²) < 4.78 is 66.3. The van der Waals surface area contributed by atoms with E-state index in [0.717, 1.165) is 36.7 Å². The van der Waals surface area contributed by atoms with Gasteiger partial charge in [-0.15, -0.1) is 11.3 Å². The van der Waals surface area contributed by atoms with Crippen LogP contribution in [0.1, 0.15) is 55.0 Å². The predicted molar refractivity (Wildman–Crippen MR) is 127 cm³/mol. The number of sulfonamides is 1. The number of nitriles is 1. The number of piperidine rings is 1. The summed E-state index contributed by atoms with van der Waals surface area (Å²) in [5, 5.41) is 8.55. The lowest BCUT2D eigenvalue weighted by Crippen LogP contribution is -2.44. The zero-order chi connectivity index (χ0) is 26.1. The Morgan fingerprint density at radius 2 is 2.03 bits per heavy atom. The van der Waals surface area contributed by atoms with Gasteiger partial charge in [-0.3, -0.25) is 4.79 Å². The van der Waals surface area contributed by atoms with Gasteiger partial charge in [-0.25, -0.2) is 13.4 Å². The number of rotatable bonds is 6. The molecule has 1 fully saturated rings. The van der Waals surface area contributed by atoms with Crippen LogP contribution in [0.3, 0.4) is 0 Å². The molecular formula is C21H21Cl2F3N4O3S2. The average molecular weight is 569 g/mol. The first-order chi connectivity index (χ1) is 16.3. The minimum absolute atomic E-state index is 0.00506. The Kier molecular flexibility index (Phi) is 8.38. The maximum Gasteiger partial charge on any atom is 0.404 e. The second kappa shape index (κ2) is 10.6. The van der Waals surface area contributed by atoms with E-state index in [9.17, 15) is 31.6 Å². The van der Waals surface area contributed by atoms with Gasteiger partial charge < -0.3 is 4.90 Å². The summed E-state index contributed by atoms with van der Waals surface area (Å²) in [6.07, 6.45) is -2.70. The van der Waals surface area contributed by atoms with Gasteiger partial charge in [-0.1, -0.05) is 36.2 Å². The van der Waals surface area contributed by atoms with Gasteiger partial charge in [-0.05, 0) is 38.7 Å². The van der Waals surface area contributed by atoms with Crippen LogP contribution in [-0.2, 0) is 10.0 Å². The van der Waals surface area contributed by atoms with Crippen molar-refractivity contribution >= 4 is 50.5 Å². The van der Waals surface area contributed by atoms with Crippen LogP contribution in [0.2, 0.25) is 10.0 Å². The van der Waals surface area contributed by atoms with Crippen molar-refractivity contribution in [2.45, 2.75) is 62.7 Å². The summed E-state index contributed by atoms with van der Waals surface area (Å²) in [5.41, 5.74) is 0.126. The van der Waals surface area contributed by atoms with E-state index in [1.165, 1.54) is 13.0 Å². The van der Waals surface area contributed by atoms with E-state index in [4.69, 9.17) is 23.2 Å². The molecule has 0 radical (unpaired) electrons. The molecule has 3 rings (SSSR count). The van der Waals surface area contributed by atoms with Crippen LogP contribution >= 0.6 is 34.5 Å². The lowest BCUT2D eigenvalue weighted by atomic mass is 10.0. The van der Waals surface area contributed by atoms with Gasteiger partial charge in [0.05, 0.1) is 14.9 Å². The molecule has 2 heterocycles. The van der Waals surface area contributed by atoms with E-state index in [-0.39, 0.29) is 32.2 Å². The van der Waals surface area contributed by atoms with Crippen LogP contribution in [0.5, 0.6) is 0 Å². The van der Waals surface area contributed by atoms with Gasteiger partial charge in [0, 0.05) is 18.2 Å². The van der Waals surface area contributed by atoms with Crippen molar-refractivity contribution in [2.75, 3.05) is 6.54 Å². The molecule has 0 spiro atoms. The number of halogens is 5. The third-order valence-electron chi connectivity index (χ3n) is 5.67. The Hall–Kier alpha value is -1.91. The highest BCUT2D eigenvalue weighted by molar-refractivity contribution is 7.89. The number of nitrogens with zero attached hydrogens (tertiary/aromatic N) is 3. The first-order valence-electron chi connectivity index (χ1n) is 10.6. The zero-order valence-corrected chi connectivity index (χ0v) is 21.8. The standard InChI is InChI=1S/C21H21Cl2F3N4O3S2/c1-3-14(21(24,25)26)29-35(32,33)13-8-7-12(16(22)17(13)23)19-18(28-15(10-27)34-19)20(31)30-9-5-4-6-11(30)2/h7-8,11,14,29H,3-6,9H2,1-2H3. The number of alkyl halides is 3. The topological polar surface area (TPSA) is 103 Å². The fourth-order valence-electron chi connectivity index (χ4n) is 3.78. The Bertz CT molecular complexity index is 1280. The van der Waals surface area contributed by atoms with Gasteiger partial charge in [0.25, 0.3) is 5.91 Å². The number of aromatic nitrogens is 1. The second-order valence-electron chi connectivity index (χ2n) is 8.01. The van der Waals surface area contributed by atoms with Gasteiger partial charge in [0.2, 0.25) is 10.0 Å². The molecule has 7 nitrogen and oxygen atoms in total. The molecule has 14 heteroatoms. The number of nitrogens with one attached hydrogen (secondary N) is 1. The number of benzene rings is 1. The average Bonchev–Trinajstić information content (AvgIpc) is 3.22. The van der Waals surface area contributed by atoms with Gasteiger partial charge >= 0.3 is 6.18 Å². The summed E-state index contributed by atoms with van der Waals surface area (Å²) in [5.74, 6) is -0.397. The third kappa shape index (κ3) is 5.75. The lowest BCUT2D eigenvalue weighted by Gasteiger charge is -2.33. The second-order valence-corrected chi connectivity index (χ2v) is 11.5. The lowest BCUT2D eigenvalue weighted by molar-refractivity contribution is -0.151. The maximum absolute atomic E-state index is 13.3. The number of carbonyl (C=O) groups is 1. The minimum atomic E-state index is -4.80. The molecule has 0 aliphatic carbocycles. The van der Waals surface area contributed by atoms with Crippen LogP contribution in [0.4, 0.5) is 13.2 Å². The van der Waals surface area contributed by atoms with E-state index >= 15 is 0 Å². The summed E-state index contributed by atoms with van der Waals surface area (Å²) in [6.45, 7) is 3.62. The van der Waals surface area contributed by atoms with E-state index in [0.29, 0.717) is 6.54 Å². The monoisotopic (exact) mass is 568 g/mol. The van der Waals surface area contributed by atoms with Crippen molar-refractivity contribution in [1.82, 2.24) is 14.6 Å². The Balaban J connectivity index is 2.05. The van der Waals surface area contributed by atoms with Crippen molar-refractivity contribution in [2.24, 2.45) is 0 Å². The normalized spacial score (nSPS) is 17.8. The summed E-state index contributed by atoms with van der Waals surface area (Å²) in [7, 11) is -4.68. The molecule has 1 aromatic carbocycles. The molecule has 1 aliphatic heterocycles. The zero-order valence-electron chi connectivity index (χ0n) is 18.6. The Morgan fingerprint density at radius 1 is 1.34 bits per heavy atom. The van der Waals surface area contributed by atoms with Crippen LogP contribution in [-0.4, -0.2) is 49.0 Å². The largest absolute Gasteiger partial charge is 0.404 e. The van der Waals surface area contributed by atoms with Crippen molar-refractivity contribution in [3.63, 3.8) is 0 Å². The fourth-order valence-corrected chi connectivity index (χ4v) is 6.89. The van der Waals surface area contributed by atoms with Gasteiger partial charge in [-0.2, -0.15) is 23.2 Å². The molecule has 190 valence electrons. The van der Waals surface area contributed by atoms with Crippen molar-refractivity contribution in [3.8, 4) is 16.5 Å². The van der Waals surface area contributed by atoms with E-state index < -0.39 is 44.5 Å². The molecule has 1 saturated heterocycles. The van der Waals surface area contributed by atoms with Gasteiger partial charge in [0.1, 0.15) is 22.7 Å². The predicted octanol–water partition coefficient (Wildman–Crippen LogP) is 5.62. The summed E-state index contributed by atoms with van der Waals surface area (Å²) in [6, 6.07) is 1.80. The van der Waals surface area contributed by atoms with Crippen LogP contribution in [0.25, 0.3) is 10.4 Å². The van der Waals surface area contributed by atoms with E-state index in [1.807, 2.05) is 13.0 Å². The Morgan fingerprint density at radius 3 is 2.60 bits per heavy atom. The Labute approximate surface area is 214 Å². The highest BCUT2D eigenvalue weighted by atomic mass is 35.5. The molecule has 0 saturated carbocycles. The maximum atomic E-state index is 13.3. The highest BCUT2D eigenvalue weighted by Gasteiger charge is 2.41. The first kappa shape index (κ1) is 27.7. The molecule has 1 aromatic heterocycles. The first-order valence-corrected chi connectivity index (χ1v) is 13.7. The summed E-state index contributed by atoms with van der Waals surface area (Å²) in [4.78, 5) is 18.7. The molecule has 35 heavy (non-hydrogen) atoms. The number of hydrogen-bond donors (Lipinski definition) is 1. The van der Waals surface area contributed by atoms with E-state index in [2.05, 4.69) is 4.98 Å². The summed E-state index contributed by atoms with van der Waals surface area (Å²) >= 11 is 13.5.